The molecule has 2 aromatic rings. The molecule has 1 unspecified atom stereocenters. The quantitative estimate of drug-likeness (QED) is 0.890. The second-order valence-electron chi connectivity index (χ2n) is 3.90. The molecule has 1 atom stereocenters. The molecule has 0 spiro atoms. The van der Waals surface area contributed by atoms with Gasteiger partial charge in [-0.3, -0.25) is 0 Å². The molecule has 1 N–H and O–H groups in total. The van der Waals surface area contributed by atoms with E-state index in [1.807, 2.05) is 23.6 Å². The molecule has 0 fully saturated rings. The van der Waals surface area contributed by atoms with Crippen LogP contribution in [0.25, 0.3) is 0 Å². The molecule has 0 saturated carbocycles. The van der Waals surface area contributed by atoms with Crippen molar-refractivity contribution in [2.45, 2.75) is 13.0 Å². The zero-order valence-corrected chi connectivity index (χ0v) is 12.0. The summed E-state index contributed by atoms with van der Waals surface area (Å²) >= 11 is 7.90. The van der Waals surface area contributed by atoms with Gasteiger partial charge >= 0.3 is 0 Å². The molecule has 18 heavy (non-hydrogen) atoms. The lowest BCUT2D eigenvalue weighted by atomic mass is 10.1. The monoisotopic (exact) mass is 281 g/mol. The Kier molecular flexibility index (Phi) is 4.64. The van der Waals surface area contributed by atoms with Crippen LogP contribution < -0.4 is 10.1 Å². The van der Waals surface area contributed by atoms with Crippen molar-refractivity contribution in [3.05, 3.63) is 51.2 Å². The molecule has 1 heterocycles. The zero-order chi connectivity index (χ0) is 13.0. The molecule has 1 aromatic heterocycles. The number of nitrogens with one attached hydrogen (secondary N) is 1. The van der Waals surface area contributed by atoms with Crippen LogP contribution in [0.5, 0.6) is 5.75 Å². The first-order chi connectivity index (χ1) is 8.76. The highest BCUT2D eigenvalue weighted by Gasteiger charge is 2.17. The van der Waals surface area contributed by atoms with Crippen molar-refractivity contribution in [1.82, 2.24) is 5.32 Å². The normalized spacial score (nSPS) is 12.4. The fourth-order valence-electron chi connectivity index (χ4n) is 1.87. The Morgan fingerprint density at radius 3 is 2.50 bits per heavy atom. The van der Waals surface area contributed by atoms with Crippen LogP contribution in [0.15, 0.2) is 35.7 Å². The second-order valence-corrected chi connectivity index (χ2v) is 5.25. The van der Waals surface area contributed by atoms with Crippen molar-refractivity contribution in [2.24, 2.45) is 0 Å². The van der Waals surface area contributed by atoms with Crippen molar-refractivity contribution in [3.63, 3.8) is 0 Å². The van der Waals surface area contributed by atoms with Gasteiger partial charge in [-0.1, -0.05) is 30.7 Å². The van der Waals surface area contributed by atoms with Gasteiger partial charge in [0.1, 0.15) is 5.75 Å². The molecular weight excluding hydrogens is 266 g/mol. The Bertz CT molecular complexity index is 495. The van der Waals surface area contributed by atoms with E-state index in [1.165, 1.54) is 5.56 Å². The third-order valence-electron chi connectivity index (χ3n) is 2.76. The van der Waals surface area contributed by atoms with Crippen molar-refractivity contribution in [2.75, 3.05) is 13.7 Å². The number of methoxy groups -OCH3 is 1. The largest absolute Gasteiger partial charge is 0.497 e. The summed E-state index contributed by atoms with van der Waals surface area (Å²) in [7, 11) is 1.67. The zero-order valence-electron chi connectivity index (χ0n) is 10.4. The first-order valence-corrected chi connectivity index (χ1v) is 7.12. The maximum Gasteiger partial charge on any atom is 0.118 e. The molecule has 1 aromatic carbocycles. The molecule has 0 aliphatic heterocycles. The van der Waals surface area contributed by atoms with Crippen LogP contribution in [0.1, 0.15) is 23.4 Å². The van der Waals surface area contributed by atoms with Gasteiger partial charge in [-0.25, -0.2) is 0 Å². The average Bonchev–Trinajstić information content (AvgIpc) is 2.82. The van der Waals surface area contributed by atoms with Gasteiger partial charge < -0.3 is 10.1 Å². The Hall–Kier alpha value is -1.03. The lowest BCUT2D eigenvalue weighted by molar-refractivity contribution is 0.414. The standard InChI is InChI=1S/C14H16ClNOS/c1-3-16-13(14-12(15)8-9-18-14)10-4-6-11(17-2)7-5-10/h4-9,13,16H,3H2,1-2H3. The van der Waals surface area contributed by atoms with E-state index in [2.05, 4.69) is 24.4 Å². The van der Waals surface area contributed by atoms with E-state index in [0.717, 1.165) is 22.2 Å². The highest BCUT2D eigenvalue weighted by Crippen LogP contribution is 2.33. The summed E-state index contributed by atoms with van der Waals surface area (Å²) in [5.41, 5.74) is 1.20. The molecule has 0 radical (unpaired) electrons. The fraction of sp³-hybridized carbons (Fsp3) is 0.286. The van der Waals surface area contributed by atoms with Gasteiger partial charge in [0.05, 0.1) is 18.2 Å². The molecule has 2 nitrogen and oxygen atoms in total. The number of benzene rings is 1. The van der Waals surface area contributed by atoms with E-state index in [9.17, 15) is 0 Å². The van der Waals surface area contributed by atoms with Crippen LogP contribution in [0.4, 0.5) is 0 Å². The third-order valence-corrected chi connectivity index (χ3v) is 4.19. The fourth-order valence-corrected chi connectivity index (χ4v) is 3.14. The lowest BCUT2D eigenvalue weighted by Gasteiger charge is -2.18. The smallest absolute Gasteiger partial charge is 0.118 e. The average molecular weight is 282 g/mol. The third kappa shape index (κ3) is 2.86. The van der Waals surface area contributed by atoms with Crippen molar-refractivity contribution < 1.29 is 4.74 Å². The minimum absolute atomic E-state index is 0.147. The highest BCUT2D eigenvalue weighted by molar-refractivity contribution is 7.10. The molecular formula is C14H16ClNOS. The number of thiophene rings is 1. The van der Waals surface area contributed by atoms with Crippen LogP contribution in [0.3, 0.4) is 0 Å². The molecule has 0 aliphatic rings. The molecule has 2 rings (SSSR count). The van der Waals surface area contributed by atoms with E-state index >= 15 is 0 Å². The number of hydrogen-bond acceptors (Lipinski definition) is 3. The predicted molar refractivity (Wildman–Crippen MR) is 77.8 cm³/mol. The highest BCUT2D eigenvalue weighted by atomic mass is 35.5. The maximum atomic E-state index is 6.22. The lowest BCUT2D eigenvalue weighted by Crippen LogP contribution is -2.21. The maximum absolute atomic E-state index is 6.22. The van der Waals surface area contributed by atoms with Crippen molar-refractivity contribution in [3.8, 4) is 5.75 Å². The van der Waals surface area contributed by atoms with E-state index < -0.39 is 0 Å². The van der Waals surface area contributed by atoms with Gasteiger partial charge in [-0.2, -0.15) is 0 Å². The number of ether oxygens (including phenoxy) is 1. The SMILES string of the molecule is CCNC(c1ccc(OC)cc1)c1sccc1Cl. The van der Waals surface area contributed by atoms with Gasteiger partial charge in [-0.05, 0) is 35.7 Å². The van der Waals surface area contributed by atoms with Crippen LogP contribution >= 0.6 is 22.9 Å². The Balaban J connectivity index is 2.32. The van der Waals surface area contributed by atoms with E-state index in [0.29, 0.717) is 0 Å². The van der Waals surface area contributed by atoms with Gasteiger partial charge in [0.15, 0.2) is 0 Å². The Morgan fingerprint density at radius 2 is 2.00 bits per heavy atom. The summed E-state index contributed by atoms with van der Waals surface area (Å²) in [6.07, 6.45) is 0. The van der Waals surface area contributed by atoms with Gasteiger partial charge in [-0.15, -0.1) is 11.3 Å². The van der Waals surface area contributed by atoms with Crippen LogP contribution in [0.2, 0.25) is 5.02 Å². The summed E-state index contributed by atoms with van der Waals surface area (Å²) in [4.78, 5) is 1.16. The van der Waals surface area contributed by atoms with E-state index in [-0.39, 0.29) is 6.04 Å². The van der Waals surface area contributed by atoms with Gasteiger partial charge in [0.2, 0.25) is 0 Å². The van der Waals surface area contributed by atoms with Gasteiger partial charge in [0, 0.05) is 4.88 Å². The summed E-state index contributed by atoms with van der Waals surface area (Å²) in [6, 6.07) is 10.2. The Morgan fingerprint density at radius 1 is 1.28 bits per heavy atom. The number of rotatable bonds is 5. The first-order valence-electron chi connectivity index (χ1n) is 5.86. The molecule has 0 bridgehead atoms. The van der Waals surface area contributed by atoms with E-state index in [1.54, 1.807) is 18.4 Å². The van der Waals surface area contributed by atoms with Crippen molar-refractivity contribution >= 4 is 22.9 Å². The van der Waals surface area contributed by atoms with Crippen LogP contribution in [-0.2, 0) is 0 Å². The van der Waals surface area contributed by atoms with E-state index in [4.69, 9.17) is 16.3 Å². The number of halogens is 1. The van der Waals surface area contributed by atoms with Gasteiger partial charge in [0.25, 0.3) is 0 Å². The van der Waals surface area contributed by atoms with Crippen LogP contribution in [-0.4, -0.2) is 13.7 Å². The molecule has 0 amide bonds. The summed E-state index contributed by atoms with van der Waals surface area (Å²) in [5.74, 6) is 0.867. The molecule has 0 aliphatic carbocycles. The Labute approximate surface area is 117 Å². The summed E-state index contributed by atoms with van der Waals surface area (Å²) in [5, 5.41) is 6.31. The van der Waals surface area contributed by atoms with Crippen LogP contribution in [0, 0.1) is 0 Å². The van der Waals surface area contributed by atoms with Crippen molar-refractivity contribution in [1.29, 1.82) is 0 Å². The molecule has 96 valence electrons. The number of hydrogen-bond donors (Lipinski definition) is 1. The summed E-state index contributed by atoms with van der Waals surface area (Å²) in [6.45, 7) is 2.99. The first kappa shape index (κ1) is 13.4. The molecule has 4 heteroatoms. The topological polar surface area (TPSA) is 21.3 Å². The molecule has 0 saturated heterocycles. The second kappa shape index (κ2) is 6.23. The minimum Gasteiger partial charge on any atom is -0.497 e. The predicted octanol–water partition coefficient (Wildman–Crippen LogP) is 4.11. The minimum atomic E-state index is 0.147. The summed E-state index contributed by atoms with van der Waals surface area (Å²) < 4.78 is 5.18.